The molecule has 2 unspecified atom stereocenters. The second-order valence-corrected chi connectivity index (χ2v) is 7.53. The molecule has 150 valence electrons. The summed E-state index contributed by atoms with van der Waals surface area (Å²) < 4.78 is 6.66. The van der Waals surface area contributed by atoms with Crippen LogP contribution in [0.1, 0.15) is 46.4 Å². The second kappa shape index (κ2) is 6.21. The molecule has 0 fully saturated rings. The molecule has 0 bridgehead atoms. The van der Waals surface area contributed by atoms with Crippen LogP contribution in [0.3, 0.4) is 0 Å². The summed E-state index contributed by atoms with van der Waals surface area (Å²) in [6.07, 6.45) is 2.47. The Morgan fingerprint density at radius 1 is 1.37 bits per heavy atom. The van der Waals surface area contributed by atoms with Crippen LogP contribution >= 0.6 is 0 Å². The number of benzene rings is 1. The summed E-state index contributed by atoms with van der Waals surface area (Å²) in [5.41, 5.74) is 0.994. The Morgan fingerprint density at radius 3 is 2.87 bits per heavy atom. The van der Waals surface area contributed by atoms with Gasteiger partial charge in [0.1, 0.15) is 6.61 Å². The number of aromatic nitrogens is 2. The number of aliphatic hydroxyl groups is 1. The summed E-state index contributed by atoms with van der Waals surface area (Å²) in [6.45, 7) is 5.35. The molecular formula is C23H18N2O5. The van der Waals surface area contributed by atoms with Crippen LogP contribution in [0.5, 0.6) is 0 Å². The highest BCUT2D eigenvalue weighted by molar-refractivity contribution is 5.97. The van der Waals surface area contributed by atoms with Gasteiger partial charge in [0.25, 0.3) is 5.56 Å². The number of rotatable bonds is 3. The van der Waals surface area contributed by atoms with Gasteiger partial charge in [-0.15, -0.1) is 6.58 Å². The third-order valence-electron chi connectivity index (χ3n) is 6.08. The van der Waals surface area contributed by atoms with Gasteiger partial charge in [0.05, 0.1) is 28.5 Å². The number of cyclic esters (lactones) is 1. The van der Waals surface area contributed by atoms with Crippen molar-refractivity contribution in [2.75, 3.05) is 0 Å². The van der Waals surface area contributed by atoms with Crippen molar-refractivity contribution < 1.29 is 19.4 Å². The van der Waals surface area contributed by atoms with E-state index < -0.39 is 17.6 Å². The summed E-state index contributed by atoms with van der Waals surface area (Å²) in [4.78, 5) is 41.9. The average Bonchev–Trinajstić information content (AvgIpc) is 3.07. The number of allylic oxidation sites excluding steroid dienone is 1. The Bertz CT molecular complexity index is 1340. The van der Waals surface area contributed by atoms with Gasteiger partial charge in [-0.25, -0.2) is 9.78 Å². The average molecular weight is 402 g/mol. The topological polar surface area (TPSA) is 98.5 Å². The zero-order valence-corrected chi connectivity index (χ0v) is 16.2. The van der Waals surface area contributed by atoms with Crippen LogP contribution in [0, 0.1) is 0 Å². The molecule has 5 rings (SSSR count). The van der Waals surface area contributed by atoms with Crippen LogP contribution in [-0.2, 0) is 21.7 Å². The molecule has 2 atom stereocenters. The molecule has 1 N–H and O–H groups in total. The van der Waals surface area contributed by atoms with Crippen molar-refractivity contribution in [1.29, 1.82) is 0 Å². The van der Waals surface area contributed by atoms with Gasteiger partial charge < -0.3 is 9.84 Å². The monoisotopic (exact) mass is 402 g/mol. The van der Waals surface area contributed by atoms with E-state index in [0.29, 0.717) is 22.5 Å². The molecule has 7 nitrogen and oxygen atoms in total. The van der Waals surface area contributed by atoms with Gasteiger partial charge in [0, 0.05) is 22.1 Å². The fourth-order valence-corrected chi connectivity index (χ4v) is 4.47. The number of pyridine rings is 2. The molecule has 0 saturated heterocycles. The Hall–Kier alpha value is -3.58. The largest absolute Gasteiger partial charge is 0.458 e. The molecule has 2 aliphatic rings. The molecule has 2 aromatic heterocycles. The van der Waals surface area contributed by atoms with Crippen molar-refractivity contribution in [3.8, 4) is 11.4 Å². The van der Waals surface area contributed by atoms with Gasteiger partial charge in [-0.2, -0.15) is 0 Å². The number of para-hydroxylation sites is 1. The molecule has 30 heavy (non-hydrogen) atoms. The summed E-state index contributed by atoms with van der Waals surface area (Å²) in [5.74, 6) is -0.768. The molecule has 4 heterocycles. The lowest BCUT2D eigenvalue weighted by molar-refractivity contribution is -0.172. The number of esters is 1. The van der Waals surface area contributed by atoms with Crippen LogP contribution in [0.2, 0.25) is 0 Å². The standard InChI is InChI=1S/C23H18N2O5/c1-3-17-14-8-12-6-5-7-13(10-26)19(12)24-20(14)18-9-16-15(21(27)25(17)18)11-30-22(28)23(16,29)4-2/h3,5-10,17,29H,1,4,11H2,2H3. The van der Waals surface area contributed by atoms with E-state index in [4.69, 9.17) is 9.72 Å². The first-order valence-electron chi connectivity index (χ1n) is 9.64. The first-order valence-corrected chi connectivity index (χ1v) is 9.64. The Morgan fingerprint density at radius 2 is 2.17 bits per heavy atom. The molecule has 7 heteroatoms. The lowest BCUT2D eigenvalue weighted by Gasteiger charge is -2.32. The highest BCUT2D eigenvalue weighted by atomic mass is 16.6. The number of ether oxygens (including phenoxy) is 1. The molecule has 2 aliphatic heterocycles. The number of hydrogen-bond donors (Lipinski definition) is 1. The van der Waals surface area contributed by atoms with Crippen molar-refractivity contribution >= 4 is 23.2 Å². The van der Waals surface area contributed by atoms with Crippen molar-refractivity contribution in [2.45, 2.75) is 31.6 Å². The predicted octanol–water partition coefficient (Wildman–Crippen LogP) is 2.62. The van der Waals surface area contributed by atoms with Crippen LogP contribution in [0.25, 0.3) is 22.3 Å². The minimum atomic E-state index is -1.89. The zero-order chi connectivity index (χ0) is 21.2. The number of aldehydes is 1. The maximum atomic E-state index is 13.4. The molecular weight excluding hydrogens is 384 g/mol. The van der Waals surface area contributed by atoms with E-state index in [2.05, 4.69) is 6.58 Å². The number of carbonyl (C=O) groups is 2. The lowest BCUT2D eigenvalue weighted by atomic mass is 9.86. The van der Waals surface area contributed by atoms with Gasteiger partial charge in [0.15, 0.2) is 11.9 Å². The van der Waals surface area contributed by atoms with Gasteiger partial charge in [-0.3, -0.25) is 14.2 Å². The summed E-state index contributed by atoms with van der Waals surface area (Å²) >= 11 is 0. The van der Waals surface area contributed by atoms with Crippen LogP contribution < -0.4 is 5.56 Å². The molecule has 0 radical (unpaired) electrons. The van der Waals surface area contributed by atoms with Gasteiger partial charge in [-0.05, 0) is 24.6 Å². The third kappa shape index (κ3) is 2.18. The molecule has 0 aliphatic carbocycles. The first kappa shape index (κ1) is 18.4. The zero-order valence-electron chi connectivity index (χ0n) is 16.2. The fourth-order valence-electron chi connectivity index (χ4n) is 4.47. The van der Waals surface area contributed by atoms with Crippen LogP contribution in [0.15, 0.2) is 47.8 Å². The minimum absolute atomic E-state index is 0.0694. The van der Waals surface area contributed by atoms with Crippen LogP contribution in [0.4, 0.5) is 0 Å². The predicted molar refractivity (Wildman–Crippen MR) is 109 cm³/mol. The highest BCUT2D eigenvalue weighted by Gasteiger charge is 2.46. The van der Waals surface area contributed by atoms with E-state index in [1.807, 2.05) is 12.1 Å². The first-order chi connectivity index (χ1) is 14.4. The smallest absolute Gasteiger partial charge is 0.343 e. The Kier molecular flexibility index (Phi) is 3.82. The Balaban J connectivity index is 1.88. The van der Waals surface area contributed by atoms with E-state index in [1.54, 1.807) is 35.8 Å². The highest BCUT2D eigenvalue weighted by Crippen LogP contribution is 2.43. The molecule has 0 spiro atoms. The number of fused-ring (bicyclic) bond motifs is 5. The maximum Gasteiger partial charge on any atom is 0.343 e. The van der Waals surface area contributed by atoms with E-state index in [-0.39, 0.29) is 29.7 Å². The Labute approximate surface area is 171 Å². The normalized spacial score (nSPS) is 21.5. The minimum Gasteiger partial charge on any atom is -0.458 e. The maximum absolute atomic E-state index is 13.4. The molecule has 0 amide bonds. The summed E-state index contributed by atoms with van der Waals surface area (Å²) in [7, 11) is 0. The van der Waals surface area contributed by atoms with Gasteiger partial charge in [-0.1, -0.05) is 25.1 Å². The second-order valence-electron chi connectivity index (χ2n) is 7.53. The number of hydrogen-bond acceptors (Lipinski definition) is 6. The SMILES string of the molecule is C=CC1c2cc3cccc(C=O)c3nc2-c2cc3c(c(=O)n21)COC(=O)C3(O)CC. The molecule has 3 aromatic rings. The van der Waals surface area contributed by atoms with Crippen molar-refractivity contribution in [1.82, 2.24) is 9.55 Å². The molecule has 0 saturated carbocycles. The van der Waals surface area contributed by atoms with E-state index in [1.165, 1.54) is 0 Å². The van der Waals surface area contributed by atoms with Gasteiger partial charge >= 0.3 is 5.97 Å². The summed E-state index contributed by atoms with van der Waals surface area (Å²) in [5, 5.41) is 11.7. The van der Waals surface area contributed by atoms with Crippen molar-refractivity contribution in [2.24, 2.45) is 0 Å². The number of carbonyl (C=O) groups excluding carboxylic acids is 2. The van der Waals surface area contributed by atoms with Crippen LogP contribution in [-0.4, -0.2) is 26.9 Å². The van der Waals surface area contributed by atoms with E-state index >= 15 is 0 Å². The number of nitrogens with zero attached hydrogens (tertiary/aromatic N) is 2. The summed E-state index contributed by atoms with van der Waals surface area (Å²) in [6, 6.07) is 8.40. The van der Waals surface area contributed by atoms with Crippen molar-refractivity contribution in [3.05, 3.63) is 75.6 Å². The fraction of sp³-hybridized carbons (Fsp3) is 0.217. The lowest BCUT2D eigenvalue weighted by Crippen LogP contribution is -2.44. The van der Waals surface area contributed by atoms with E-state index in [9.17, 15) is 19.5 Å². The quantitative estimate of drug-likeness (QED) is 0.411. The van der Waals surface area contributed by atoms with E-state index in [0.717, 1.165) is 17.2 Å². The van der Waals surface area contributed by atoms with Gasteiger partial charge in [0.2, 0.25) is 0 Å². The van der Waals surface area contributed by atoms with Crippen molar-refractivity contribution in [3.63, 3.8) is 0 Å². The molecule has 1 aromatic carbocycles. The third-order valence-corrected chi connectivity index (χ3v) is 6.08.